The van der Waals surface area contributed by atoms with Crippen LogP contribution in [0.4, 0.5) is 0 Å². The summed E-state index contributed by atoms with van der Waals surface area (Å²) >= 11 is 0. The van der Waals surface area contributed by atoms with Crippen molar-refractivity contribution in [2.24, 2.45) is 0 Å². The van der Waals surface area contributed by atoms with E-state index < -0.39 is 6.10 Å². The molecule has 0 aliphatic heterocycles. The predicted octanol–water partition coefficient (Wildman–Crippen LogP) is 11.7. The molecule has 1 atom stereocenters. The minimum atomic E-state index is -0.773. The van der Waals surface area contributed by atoms with Crippen LogP contribution in [0.15, 0.2) is 12.2 Å². The van der Waals surface area contributed by atoms with Crippen LogP contribution in [0.5, 0.6) is 0 Å². The van der Waals surface area contributed by atoms with Crippen molar-refractivity contribution in [3.8, 4) is 0 Å². The maximum absolute atomic E-state index is 12.0. The zero-order valence-corrected chi connectivity index (χ0v) is 29.4. The molecule has 5 heteroatoms. The molecular weight excluding hydrogens is 548 g/mol. The average molecular weight is 623 g/mol. The minimum Gasteiger partial charge on any atom is -0.462 e. The second-order valence-electron chi connectivity index (χ2n) is 13.0. The number of ether oxygens (including phenoxy) is 2. The van der Waals surface area contributed by atoms with Gasteiger partial charge in [-0.25, -0.2) is 0 Å². The minimum absolute atomic E-state index is 0.0761. The van der Waals surface area contributed by atoms with Crippen LogP contribution in [-0.4, -0.2) is 36.4 Å². The van der Waals surface area contributed by atoms with Gasteiger partial charge in [0.25, 0.3) is 0 Å². The van der Waals surface area contributed by atoms with Crippen LogP contribution in [-0.2, 0) is 19.1 Å². The lowest BCUT2D eigenvalue weighted by Gasteiger charge is -2.15. The van der Waals surface area contributed by atoms with Crippen LogP contribution in [0.25, 0.3) is 0 Å². The van der Waals surface area contributed by atoms with Crippen molar-refractivity contribution in [1.29, 1.82) is 0 Å². The molecule has 0 bridgehead atoms. The van der Waals surface area contributed by atoms with Crippen molar-refractivity contribution in [2.45, 2.75) is 213 Å². The topological polar surface area (TPSA) is 72.8 Å². The van der Waals surface area contributed by atoms with Crippen molar-refractivity contribution < 1.29 is 24.2 Å². The summed E-state index contributed by atoms with van der Waals surface area (Å²) in [5.41, 5.74) is 0. The van der Waals surface area contributed by atoms with Gasteiger partial charge in [-0.15, -0.1) is 0 Å². The van der Waals surface area contributed by atoms with Gasteiger partial charge < -0.3 is 14.6 Å². The molecule has 0 aromatic carbocycles. The molecule has 0 spiro atoms. The van der Waals surface area contributed by atoms with Gasteiger partial charge in [0.05, 0.1) is 6.61 Å². The number of allylic oxidation sites excluding steroid dienone is 2. The van der Waals surface area contributed by atoms with Gasteiger partial charge in [-0.1, -0.05) is 174 Å². The van der Waals surface area contributed by atoms with Gasteiger partial charge >= 0.3 is 11.9 Å². The first-order chi connectivity index (χ1) is 21.6. The van der Waals surface area contributed by atoms with Crippen molar-refractivity contribution in [3.05, 3.63) is 12.2 Å². The van der Waals surface area contributed by atoms with Crippen LogP contribution < -0.4 is 0 Å². The van der Waals surface area contributed by atoms with E-state index in [4.69, 9.17) is 9.47 Å². The zero-order chi connectivity index (χ0) is 32.2. The van der Waals surface area contributed by atoms with E-state index in [9.17, 15) is 14.7 Å². The first kappa shape index (κ1) is 42.6. The van der Waals surface area contributed by atoms with Crippen molar-refractivity contribution >= 4 is 11.9 Å². The molecule has 0 rings (SSSR count). The van der Waals surface area contributed by atoms with E-state index in [1.54, 1.807) is 0 Å². The van der Waals surface area contributed by atoms with E-state index in [1.807, 2.05) is 0 Å². The Morgan fingerprint density at radius 1 is 0.500 bits per heavy atom. The molecule has 5 nitrogen and oxygen atoms in total. The first-order valence-corrected chi connectivity index (χ1v) is 19.2. The highest BCUT2D eigenvalue weighted by Gasteiger charge is 2.16. The molecule has 0 saturated carbocycles. The highest BCUT2D eigenvalue weighted by molar-refractivity contribution is 5.70. The lowest BCUT2D eigenvalue weighted by atomic mass is 10.0. The van der Waals surface area contributed by atoms with Crippen LogP contribution in [0.3, 0.4) is 0 Å². The second kappa shape index (κ2) is 36.1. The largest absolute Gasteiger partial charge is 0.462 e. The molecule has 0 aromatic rings. The average Bonchev–Trinajstić information content (AvgIpc) is 3.02. The highest BCUT2D eigenvalue weighted by Crippen LogP contribution is 2.15. The van der Waals surface area contributed by atoms with Crippen molar-refractivity contribution in [2.75, 3.05) is 13.2 Å². The maximum Gasteiger partial charge on any atom is 0.306 e. The molecule has 0 aliphatic carbocycles. The fourth-order valence-electron chi connectivity index (χ4n) is 5.62. The fraction of sp³-hybridized carbons (Fsp3) is 0.897. The maximum atomic E-state index is 12.0. The van der Waals surface area contributed by atoms with Crippen LogP contribution in [0.1, 0.15) is 206 Å². The Kier molecular flexibility index (Phi) is 35.0. The van der Waals surface area contributed by atoms with Crippen LogP contribution >= 0.6 is 0 Å². The van der Waals surface area contributed by atoms with Gasteiger partial charge in [0, 0.05) is 12.8 Å². The Balaban J connectivity index is 3.46. The normalized spacial score (nSPS) is 12.2. The fourth-order valence-corrected chi connectivity index (χ4v) is 5.62. The second-order valence-corrected chi connectivity index (χ2v) is 13.0. The van der Waals surface area contributed by atoms with E-state index in [0.717, 1.165) is 38.5 Å². The predicted molar refractivity (Wildman–Crippen MR) is 187 cm³/mol. The number of carbonyl (C=O) groups is 2. The summed E-state index contributed by atoms with van der Waals surface area (Å²) in [5, 5.41) is 9.47. The van der Waals surface area contributed by atoms with Gasteiger partial charge in [-0.2, -0.15) is 0 Å². The third-order valence-electron chi connectivity index (χ3n) is 8.56. The summed E-state index contributed by atoms with van der Waals surface area (Å²) in [5.74, 6) is -0.628. The third kappa shape index (κ3) is 33.5. The number of unbranched alkanes of at least 4 members (excludes halogenated alkanes) is 25. The number of aliphatic hydroxyl groups excluding tert-OH is 1. The van der Waals surface area contributed by atoms with Crippen LogP contribution in [0.2, 0.25) is 0 Å². The van der Waals surface area contributed by atoms with Gasteiger partial charge in [-0.05, 0) is 32.1 Å². The van der Waals surface area contributed by atoms with E-state index >= 15 is 0 Å². The zero-order valence-electron chi connectivity index (χ0n) is 29.4. The first-order valence-electron chi connectivity index (χ1n) is 19.2. The summed E-state index contributed by atoms with van der Waals surface area (Å²) in [6, 6.07) is 0. The lowest BCUT2D eigenvalue weighted by molar-refractivity contribution is -0.161. The summed E-state index contributed by atoms with van der Waals surface area (Å²) in [7, 11) is 0. The molecule has 0 fully saturated rings. The van der Waals surface area contributed by atoms with Gasteiger partial charge in [-0.3, -0.25) is 9.59 Å². The van der Waals surface area contributed by atoms with Gasteiger partial charge in [0.2, 0.25) is 0 Å². The Labute approximate surface area is 273 Å². The van der Waals surface area contributed by atoms with E-state index in [2.05, 4.69) is 26.0 Å². The molecule has 1 N–H and O–H groups in total. The number of hydrogen-bond acceptors (Lipinski definition) is 5. The standard InChI is InChI=1S/C39H74O5/c1-3-5-7-9-11-12-13-14-15-16-17-18-19-20-21-22-23-24-25-26-28-29-31-33-38(41)43-36-37(35-40)44-39(42)34-32-30-27-10-8-6-4-2/h26,28,37,40H,3-25,27,29-36H2,1-2H3/b28-26+/t37-/m0/s1. The molecule has 0 aliphatic rings. The molecular formula is C39H74O5. The number of rotatable bonds is 35. The molecule has 0 radical (unpaired) electrons. The molecule has 0 amide bonds. The van der Waals surface area contributed by atoms with Crippen molar-refractivity contribution in [3.63, 3.8) is 0 Å². The smallest absolute Gasteiger partial charge is 0.306 e. The van der Waals surface area contributed by atoms with Crippen LogP contribution in [0, 0.1) is 0 Å². The van der Waals surface area contributed by atoms with E-state index in [-0.39, 0.29) is 25.2 Å². The Morgan fingerprint density at radius 3 is 1.30 bits per heavy atom. The highest BCUT2D eigenvalue weighted by atomic mass is 16.6. The molecule has 260 valence electrons. The summed E-state index contributed by atoms with van der Waals surface area (Å²) in [4.78, 5) is 24.0. The molecule has 0 unspecified atom stereocenters. The lowest BCUT2D eigenvalue weighted by Crippen LogP contribution is -2.28. The Hall–Kier alpha value is -1.36. The quantitative estimate of drug-likeness (QED) is 0.0432. The van der Waals surface area contributed by atoms with Gasteiger partial charge in [0.15, 0.2) is 6.10 Å². The number of hydrogen-bond donors (Lipinski definition) is 1. The summed E-state index contributed by atoms with van der Waals surface area (Å²) in [6.45, 7) is 4.08. The molecule has 44 heavy (non-hydrogen) atoms. The van der Waals surface area contributed by atoms with E-state index in [0.29, 0.717) is 12.8 Å². The van der Waals surface area contributed by atoms with Crippen molar-refractivity contribution in [1.82, 2.24) is 0 Å². The summed E-state index contributed by atoms with van der Waals surface area (Å²) in [6.07, 6.45) is 40.2. The molecule has 0 saturated heterocycles. The SMILES string of the molecule is CCCCCCCCCCCCCCCCCCCC/C=C/CCCC(=O)OC[C@H](CO)OC(=O)CCCCCCCCC. The van der Waals surface area contributed by atoms with Gasteiger partial charge in [0.1, 0.15) is 6.61 Å². The summed E-state index contributed by atoms with van der Waals surface area (Å²) < 4.78 is 10.5. The Morgan fingerprint density at radius 2 is 0.864 bits per heavy atom. The third-order valence-corrected chi connectivity index (χ3v) is 8.56. The molecule has 0 aromatic heterocycles. The van der Waals surface area contributed by atoms with E-state index in [1.165, 1.54) is 141 Å². The number of aliphatic hydroxyl groups is 1. The number of carbonyl (C=O) groups excluding carboxylic acids is 2. The molecule has 0 heterocycles. The Bertz CT molecular complexity index is 632. The monoisotopic (exact) mass is 623 g/mol. The number of esters is 2.